The maximum Gasteiger partial charge on any atom is 0.243 e. The molecule has 8 heteroatoms. The van der Waals surface area contributed by atoms with Crippen molar-refractivity contribution in [2.75, 3.05) is 22.9 Å². The van der Waals surface area contributed by atoms with Crippen LogP contribution in [-0.4, -0.2) is 38.9 Å². The Bertz CT molecular complexity index is 935. The van der Waals surface area contributed by atoms with Gasteiger partial charge in [0, 0.05) is 23.1 Å². The summed E-state index contributed by atoms with van der Waals surface area (Å²) < 4.78 is 26.0. The van der Waals surface area contributed by atoms with Gasteiger partial charge in [0.05, 0.1) is 11.9 Å². The molecule has 2 aromatic rings. The first-order valence-electron chi connectivity index (χ1n) is 9.39. The number of anilines is 1. The molecule has 1 unspecified atom stereocenters. The second kappa shape index (κ2) is 10.9. The van der Waals surface area contributed by atoms with Crippen molar-refractivity contribution in [3.63, 3.8) is 0 Å². The van der Waals surface area contributed by atoms with Crippen molar-refractivity contribution >= 4 is 45.0 Å². The van der Waals surface area contributed by atoms with Crippen molar-refractivity contribution in [2.45, 2.75) is 32.1 Å². The molecule has 0 bridgehead atoms. The van der Waals surface area contributed by atoms with E-state index < -0.39 is 16.1 Å². The van der Waals surface area contributed by atoms with Gasteiger partial charge in [-0.15, -0.1) is 0 Å². The van der Waals surface area contributed by atoms with Crippen molar-refractivity contribution in [1.29, 1.82) is 0 Å². The van der Waals surface area contributed by atoms with Crippen molar-refractivity contribution in [3.05, 3.63) is 64.7 Å². The molecule has 2 aromatic carbocycles. The number of nitrogens with zero attached hydrogens (tertiary/aromatic N) is 1. The molecular weight excluding hydrogens is 428 g/mol. The highest BCUT2D eigenvalue weighted by atomic mass is 35.5. The van der Waals surface area contributed by atoms with E-state index in [9.17, 15) is 13.2 Å². The highest BCUT2D eigenvalue weighted by molar-refractivity contribution is 7.98. The van der Waals surface area contributed by atoms with Crippen molar-refractivity contribution in [1.82, 2.24) is 5.32 Å². The molecule has 5 nitrogen and oxygen atoms in total. The zero-order valence-corrected chi connectivity index (χ0v) is 19.3. The minimum absolute atomic E-state index is 0.311. The lowest BCUT2D eigenvalue weighted by molar-refractivity contribution is -0.122. The van der Waals surface area contributed by atoms with Crippen LogP contribution in [0.5, 0.6) is 0 Å². The van der Waals surface area contributed by atoms with Gasteiger partial charge >= 0.3 is 0 Å². The predicted octanol–water partition coefficient (Wildman–Crippen LogP) is 4.24. The Balaban J connectivity index is 1.98. The van der Waals surface area contributed by atoms with Gasteiger partial charge in [-0.1, -0.05) is 48.9 Å². The summed E-state index contributed by atoms with van der Waals surface area (Å²) in [7, 11) is -3.66. The summed E-state index contributed by atoms with van der Waals surface area (Å²) in [5.74, 6) is 1.30. The van der Waals surface area contributed by atoms with Crippen molar-refractivity contribution in [2.24, 2.45) is 0 Å². The van der Waals surface area contributed by atoms with Crippen LogP contribution in [0.15, 0.2) is 48.5 Å². The second-order valence-electron chi connectivity index (χ2n) is 6.73. The van der Waals surface area contributed by atoms with E-state index in [1.165, 1.54) is 11.1 Å². The number of aryl methyl sites for hydroxylation is 1. The predicted molar refractivity (Wildman–Crippen MR) is 123 cm³/mol. The van der Waals surface area contributed by atoms with E-state index in [1.54, 1.807) is 43.0 Å². The number of carbonyl (C=O) groups is 1. The Kier molecular flexibility index (Phi) is 8.86. The number of halogens is 1. The molecule has 1 N–H and O–H groups in total. The van der Waals surface area contributed by atoms with Gasteiger partial charge in [0.15, 0.2) is 0 Å². The molecule has 0 heterocycles. The molecule has 1 atom stereocenters. The summed E-state index contributed by atoms with van der Waals surface area (Å²) in [6, 6.07) is 13.9. The van der Waals surface area contributed by atoms with Crippen LogP contribution < -0.4 is 9.62 Å². The quantitative estimate of drug-likeness (QED) is 0.545. The summed E-state index contributed by atoms with van der Waals surface area (Å²) >= 11 is 7.75. The lowest BCUT2D eigenvalue weighted by Crippen LogP contribution is -2.49. The van der Waals surface area contributed by atoms with E-state index >= 15 is 0 Å². The second-order valence-corrected chi connectivity index (χ2v) is 10.1. The minimum atomic E-state index is -3.66. The summed E-state index contributed by atoms with van der Waals surface area (Å²) in [4.78, 5) is 12.7. The lowest BCUT2D eigenvalue weighted by atomic mass is 10.1. The van der Waals surface area contributed by atoms with Gasteiger partial charge in [-0.25, -0.2) is 8.42 Å². The molecule has 1 amide bonds. The Labute approximate surface area is 182 Å². The largest absolute Gasteiger partial charge is 0.353 e. The van der Waals surface area contributed by atoms with E-state index in [2.05, 4.69) is 24.4 Å². The van der Waals surface area contributed by atoms with E-state index in [1.807, 2.05) is 12.1 Å². The number of rotatable bonds is 10. The number of thioether (sulfide) groups is 1. The third-order valence-corrected chi connectivity index (χ3v) is 6.88. The number of sulfonamides is 1. The molecule has 0 aromatic heterocycles. The van der Waals surface area contributed by atoms with Crippen LogP contribution in [0, 0.1) is 6.92 Å². The maximum absolute atomic E-state index is 12.7. The van der Waals surface area contributed by atoms with Gasteiger partial charge in [0.2, 0.25) is 15.9 Å². The number of hydrogen-bond donors (Lipinski definition) is 1. The lowest BCUT2D eigenvalue weighted by Gasteiger charge is -2.30. The van der Waals surface area contributed by atoms with Gasteiger partial charge in [0.1, 0.15) is 6.04 Å². The fraction of sp³-hybridized carbons (Fsp3) is 0.381. The van der Waals surface area contributed by atoms with Gasteiger partial charge in [-0.2, -0.15) is 11.8 Å². The molecule has 0 saturated heterocycles. The number of amides is 1. The molecule has 0 aliphatic carbocycles. The fourth-order valence-corrected chi connectivity index (χ4v) is 5.31. The zero-order valence-electron chi connectivity index (χ0n) is 16.9. The number of hydrogen-bond acceptors (Lipinski definition) is 4. The average molecular weight is 455 g/mol. The monoisotopic (exact) mass is 454 g/mol. The molecule has 2 rings (SSSR count). The molecule has 0 fully saturated rings. The van der Waals surface area contributed by atoms with E-state index in [0.29, 0.717) is 23.7 Å². The molecule has 0 saturated carbocycles. The topological polar surface area (TPSA) is 66.5 Å². The average Bonchev–Trinajstić information content (AvgIpc) is 2.65. The first-order valence-corrected chi connectivity index (χ1v) is 12.8. The summed E-state index contributed by atoms with van der Waals surface area (Å²) in [5, 5.41) is 3.29. The van der Waals surface area contributed by atoms with Crippen LogP contribution >= 0.6 is 23.4 Å². The molecule has 0 spiro atoms. The molecular formula is C21H27ClN2O3S2. The van der Waals surface area contributed by atoms with Crippen molar-refractivity contribution < 1.29 is 13.2 Å². The summed E-state index contributed by atoms with van der Waals surface area (Å²) in [6.45, 7) is 4.35. The van der Waals surface area contributed by atoms with Crippen LogP contribution in [0.4, 0.5) is 5.69 Å². The number of carbonyl (C=O) groups excluding carboxylic acids is 1. The Hall–Kier alpha value is -1.70. The first kappa shape index (κ1) is 23.6. The maximum atomic E-state index is 12.7. The van der Waals surface area contributed by atoms with E-state index in [-0.39, 0.29) is 5.91 Å². The van der Waals surface area contributed by atoms with Crippen LogP contribution in [0.2, 0.25) is 5.02 Å². The fourth-order valence-electron chi connectivity index (χ4n) is 2.99. The smallest absolute Gasteiger partial charge is 0.243 e. The minimum Gasteiger partial charge on any atom is -0.353 e. The molecule has 0 radical (unpaired) electrons. The molecule has 29 heavy (non-hydrogen) atoms. The first-order chi connectivity index (χ1) is 13.7. The van der Waals surface area contributed by atoms with Crippen LogP contribution in [0.1, 0.15) is 24.5 Å². The summed E-state index contributed by atoms with van der Waals surface area (Å²) in [5.41, 5.74) is 2.91. The zero-order chi connectivity index (χ0) is 21.4. The molecule has 0 aliphatic rings. The van der Waals surface area contributed by atoms with Gasteiger partial charge in [0.25, 0.3) is 0 Å². The standard InChI is InChI=1S/C21H27ClN2O3S2/c1-4-20(24(29(3,26)27)19-11-7-10-18(22)14-19)21(25)23-12-13-28-15-17-9-6-5-8-16(17)2/h5-11,14,20H,4,12-13,15H2,1-3H3,(H,23,25). The number of benzene rings is 2. The van der Waals surface area contributed by atoms with Crippen LogP contribution in [0.25, 0.3) is 0 Å². The highest BCUT2D eigenvalue weighted by Crippen LogP contribution is 2.25. The highest BCUT2D eigenvalue weighted by Gasteiger charge is 2.31. The third-order valence-electron chi connectivity index (χ3n) is 4.46. The summed E-state index contributed by atoms with van der Waals surface area (Å²) in [6.07, 6.45) is 1.45. The van der Waals surface area contributed by atoms with E-state index in [0.717, 1.165) is 22.1 Å². The Morgan fingerprint density at radius 2 is 1.93 bits per heavy atom. The normalized spacial score (nSPS) is 12.4. The van der Waals surface area contributed by atoms with Gasteiger partial charge in [-0.3, -0.25) is 9.10 Å². The third kappa shape index (κ3) is 6.94. The van der Waals surface area contributed by atoms with Crippen molar-refractivity contribution in [3.8, 4) is 0 Å². The Morgan fingerprint density at radius 1 is 1.21 bits per heavy atom. The number of nitrogens with one attached hydrogen (secondary N) is 1. The molecule has 0 aliphatic heterocycles. The van der Waals surface area contributed by atoms with Gasteiger partial charge in [-0.05, 0) is 42.7 Å². The Morgan fingerprint density at radius 3 is 2.55 bits per heavy atom. The van der Waals surface area contributed by atoms with Crippen LogP contribution in [0.3, 0.4) is 0 Å². The van der Waals surface area contributed by atoms with Crippen LogP contribution in [-0.2, 0) is 20.6 Å². The SMILES string of the molecule is CCC(C(=O)NCCSCc1ccccc1C)N(c1cccc(Cl)c1)S(C)(=O)=O. The van der Waals surface area contributed by atoms with E-state index in [4.69, 9.17) is 11.6 Å². The van der Waals surface area contributed by atoms with Gasteiger partial charge < -0.3 is 5.32 Å². The molecule has 158 valence electrons.